The van der Waals surface area contributed by atoms with E-state index in [2.05, 4.69) is 137 Å². The minimum absolute atomic E-state index is 1.05. The molecule has 0 spiro atoms. The van der Waals surface area contributed by atoms with E-state index in [0.717, 1.165) is 35.4 Å². The number of aromatic nitrogens is 3. The third kappa shape index (κ3) is 3.18. The highest BCUT2D eigenvalue weighted by molar-refractivity contribution is 6.18. The first-order valence-corrected chi connectivity index (χ1v) is 14.0. The van der Waals surface area contributed by atoms with Crippen LogP contribution < -0.4 is 0 Å². The topological polar surface area (TPSA) is 25.6 Å². The Labute approximate surface area is 233 Å². The molecule has 3 heterocycles. The first kappa shape index (κ1) is 22.9. The minimum Gasteiger partial charge on any atom is -0.354 e. The van der Waals surface area contributed by atoms with E-state index in [1.807, 2.05) is 6.08 Å². The summed E-state index contributed by atoms with van der Waals surface area (Å²) >= 11 is 0. The first-order valence-electron chi connectivity index (χ1n) is 14.0. The summed E-state index contributed by atoms with van der Waals surface area (Å²) in [6.45, 7) is 6.30. The van der Waals surface area contributed by atoms with E-state index in [4.69, 9.17) is 0 Å². The number of nitrogens with zero attached hydrogens (tertiary/aromatic N) is 2. The molecule has 1 N–H and O–H groups in total. The van der Waals surface area contributed by atoms with Crippen molar-refractivity contribution in [1.82, 2.24) is 14.1 Å². The number of para-hydroxylation sites is 2. The van der Waals surface area contributed by atoms with Gasteiger partial charge in [0.15, 0.2) is 0 Å². The third-order valence-electron chi connectivity index (χ3n) is 8.40. The fourth-order valence-corrected chi connectivity index (χ4v) is 6.73. The molecule has 0 saturated heterocycles. The Morgan fingerprint density at radius 2 is 1.55 bits per heavy atom. The van der Waals surface area contributed by atoms with Crippen molar-refractivity contribution in [3.8, 4) is 11.4 Å². The van der Waals surface area contributed by atoms with E-state index in [1.54, 1.807) is 0 Å². The molecule has 0 unspecified atom stereocenters. The van der Waals surface area contributed by atoms with Gasteiger partial charge in [-0.3, -0.25) is 0 Å². The molecular weight excluding hydrogens is 486 g/mol. The SMILES string of the molecule is C=Cc1c(/C=C\C)c2c(n1-c1cccc(-n3c4ccccc4c4cc5c(cc43)[nH]c3ccccc35)c1)C=CCC2. The molecule has 40 heavy (non-hydrogen) atoms. The average molecular weight is 516 g/mol. The van der Waals surface area contributed by atoms with Gasteiger partial charge in [-0.1, -0.05) is 67.3 Å². The summed E-state index contributed by atoms with van der Waals surface area (Å²) in [5.74, 6) is 0. The Morgan fingerprint density at radius 3 is 2.40 bits per heavy atom. The zero-order valence-corrected chi connectivity index (χ0v) is 22.5. The standard InChI is InChI=1S/C37H29N3/c1-3-12-27-28-16-6-9-19-35(28)39(34(27)4-2)24-13-11-14-25(21-24)40-36-20-10-7-17-29(36)31-22-30-26-15-5-8-18-32(26)38-33(30)23-37(31)40/h3-5,7-15,17-23,38H,2,6,16H2,1H3/b12-3-. The molecular formula is C37H29N3. The molecule has 1 aliphatic rings. The number of hydrogen-bond donors (Lipinski definition) is 1. The second-order valence-corrected chi connectivity index (χ2v) is 10.6. The molecule has 0 saturated carbocycles. The number of hydrogen-bond acceptors (Lipinski definition) is 0. The first-order chi connectivity index (χ1) is 19.8. The highest BCUT2D eigenvalue weighted by Gasteiger charge is 2.21. The molecule has 0 aliphatic heterocycles. The normalized spacial score (nSPS) is 13.3. The summed E-state index contributed by atoms with van der Waals surface area (Å²) in [5.41, 5.74) is 12.1. The van der Waals surface area contributed by atoms with Crippen LogP contribution in [0.3, 0.4) is 0 Å². The number of rotatable bonds is 4. The van der Waals surface area contributed by atoms with Crippen molar-refractivity contribution in [2.45, 2.75) is 19.8 Å². The quantitative estimate of drug-likeness (QED) is 0.241. The zero-order valence-electron chi connectivity index (χ0n) is 22.5. The number of benzene rings is 4. The van der Waals surface area contributed by atoms with Crippen LogP contribution in [0.15, 0.2) is 104 Å². The highest BCUT2D eigenvalue weighted by atomic mass is 15.0. The third-order valence-corrected chi connectivity index (χ3v) is 8.40. The van der Waals surface area contributed by atoms with Gasteiger partial charge >= 0.3 is 0 Å². The lowest BCUT2D eigenvalue weighted by Gasteiger charge is -2.15. The van der Waals surface area contributed by atoms with Gasteiger partial charge in [0.1, 0.15) is 0 Å². The molecule has 192 valence electrons. The molecule has 7 aromatic rings. The van der Waals surface area contributed by atoms with Crippen LogP contribution in [0.5, 0.6) is 0 Å². The predicted molar refractivity (Wildman–Crippen MR) is 172 cm³/mol. The molecule has 3 aromatic heterocycles. The van der Waals surface area contributed by atoms with Crippen molar-refractivity contribution in [2.24, 2.45) is 0 Å². The summed E-state index contributed by atoms with van der Waals surface area (Å²) in [6.07, 6.45) is 13.0. The van der Waals surface area contributed by atoms with Gasteiger partial charge in [0.05, 0.1) is 16.7 Å². The zero-order chi connectivity index (χ0) is 26.8. The van der Waals surface area contributed by atoms with Crippen molar-refractivity contribution in [3.05, 3.63) is 126 Å². The summed E-state index contributed by atoms with van der Waals surface area (Å²) in [5, 5.41) is 5.05. The van der Waals surface area contributed by atoms with Crippen LogP contribution in [0, 0.1) is 0 Å². The lowest BCUT2D eigenvalue weighted by Crippen LogP contribution is -2.03. The smallest absolute Gasteiger partial charge is 0.0562 e. The lowest BCUT2D eigenvalue weighted by atomic mass is 9.99. The summed E-state index contributed by atoms with van der Waals surface area (Å²) < 4.78 is 4.78. The Morgan fingerprint density at radius 1 is 0.750 bits per heavy atom. The van der Waals surface area contributed by atoms with E-state index in [9.17, 15) is 0 Å². The Hall–Kier alpha value is -5.02. The summed E-state index contributed by atoms with van der Waals surface area (Å²) in [7, 11) is 0. The van der Waals surface area contributed by atoms with Gasteiger partial charge in [0.2, 0.25) is 0 Å². The maximum atomic E-state index is 4.22. The molecule has 1 aliphatic carbocycles. The Balaban J connectivity index is 1.41. The summed E-state index contributed by atoms with van der Waals surface area (Å²) in [4.78, 5) is 3.65. The molecule has 3 nitrogen and oxygen atoms in total. The van der Waals surface area contributed by atoms with Crippen LogP contribution in [0.1, 0.15) is 35.9 Å². The minimum atomic E-state index is 1.05. The van der Waals surface area contributed by atoms with Crippen LogP contribution in [0.2, 0.25) is 0 Å². The molecule has 3 heteroatoms. The fourth-order valence-electron chi connectivity index (χ4n) is 6.73. The van der Waals surface area contributed by atoms with E-state index in [-0.39, 0.29) is 0 Å². The number of aromatic amines is 1. The van der Waals surface area contributed by atoms with Crippen LogP contribution >= 0.6 is 0 Å². The maximum Gasteiger partial charge on any atom is 0.0562 e. The number of allylic oxidation sites excluding steroid dienone is 2. The monoisotopic (exact) mass is 515 g/mol. The largest absolute Gasteiger partial charge is 0.354 e. The molecule has 8 rings (SSSR count). The van der Waals surface area contributed by atoms with Gasteiger partial charge < -0.3 is 14.1 Å². The van der Waals surface area contributed by atoms with Crippen molar-refractivity contribution in [3.63, 3.8) is 0 Å². The van der Waals surface area contributed by atoms with E-state index >= 15 is 0 Å². The van der Waals surface area contributed by atoms with Gasteiger partial charge in [0, 0.05) is 55.2 Å². The van der Waals surface area contributed by atoms with Gasteiger partial charge in [-0.15, -0.1) is 0 Å². The van der Waals surface area contributed by atoms with Crippen LogP contribution in [0.4, 0.5) is 0 Å². The molecule has 0 amide bonds. The summed E-state index contributed by atoms with van der Waals surface area (Å²) in [6, 6.07) is 30.9. The average Bonchev–Trinajstić information content (AvgIpc) is 3.63. The molecule has 0 atom stereocenters. The molecule has 0 fully saturated rings. The second kappa shape index (κ2) is 8.75. The lowest BCUT2D eigenvalue weighted by molar-refractivity contribution is 0.954. The van der Waals surface area contributed by atoms with Crippen molar-refractivity contribution >= 4 is 61.8 Å². The van der Waals surface area contributed by atoms with Crippen LogP contribution in [-0.2, 0) is 6.42 Å². The number of H-pyrrole nitrogens is 1. The number of fused-ring (bicyclic) bond motifs is 7. The highest BCUT2D eigenvalue weighted by Crippen LogP contribution is 2.38. The Kier molecular flexibility index (Phi) is 5.02. The van der Waals surface area contributed by atoms with Crippen molar-refractivity contribution in [2.75, 3.05) is 0 Å². The maximum absolute atomic E-state index is 4.22. The number of nitrogens with one attached hydrogen (secondary N) is 1. The predicted octanol–water partition coefficient (Wildman–Crippen LogP) is 9.84. The Bertz CT molecular complexity index is 2190. The fraction of sp³-hybridized carbons (Fsp3) is 0.0811. The van der Waals surface area contributed by atoms with Crippen molar-refractivity contribution < 1.29 is 0 Å². The molecule has 0 radical (unpaired) electrons. The molecule has 4 aromatic carbocycles. The van der Waals surface area contributed by atoms with Gasteiger partial charge in [0.25, 0.3) is 0 Å². The van der Waals surface area contributed by atoms with E-state index in [1.165, 1.54) is 54.9 Å². The second-order valence-electron chi connectivity index (χ2n) is 10.6. The van der Waals surface area contributed by atoms with Gasteiger partial charge in [-0.05, 0) is 79.9 Å². The van der Waals surface area contributed by atoms with E-state index in [0.29, 0.717) is 0 Å². The van der Waals surface area contributed by atoms with E-state index < -0.39 is 0 Å². The van der Waals surface area contributed by atoms with Crippen LogP contribution in [-0.4, -0.2) is 14.1 Å². The van der Waals surface area contributed by atoms with Gasteiger partial charge in [-0.2, -0.15) is 0 Å². The molecule has 0 bridgehead atoms. The van der Waals surface area contributed by atoms with Crippen molar-refractivity contribution in [1.29, 1.82) is 0 Å². The van der Waals surface area contributed by atoms with Gasteiger partial charge in [-0.25, -0.2) is 0 Å². The van der Waals surface area contributed by atoms with Crippen LogP contribution in [0.25, 0.3) is 73.2 Å².